The average Bonchev–Trinajstić information content (AvgIpc) is 2.46. The van der Waals surface area contributed by atoms with Crippen LogP contribution in [0.25, 0.3) is 0 Å². The highest BCUT2D eigenvalue weighted by Crippen LogP contribution is 2.14. The Kier molecular flexibility index (Phi) is 5.31. The third-order valence-corrected chi connectivity index (χ3v) is 4.35. The summed E-state index contributed by atoms with van der Waals surface area (Å²) in [4.78, 5) is 4.51. The topological polar surface area (TPSA) is 18.5 Å². The monoisotopic (exact) mass is 295 g/mol. The molecule has 1 heterocycles. The van der Waals surface area contributed by atoms with Crippen molar-refractivity contribution >= 4 is 17.3 Å². The Morgan fingerprint density at radius 2 is 1.95 bits per heavy atom. The summed E-state index contributed by atoms with van der Waals surface area (Å²) >= 11 is 5.44. The Labute approximate surface area is 125 Å². The fourth-order valence-electron chi connectivity index (χ4n) is 2.45. The number of hydrogen-bond acceptors (Lipinski definition) is 2. The van der Waals surface area contributed by atoms with Gasteiger partial charge in [-0.3, -0.25) is 0 Å². The van der Waals surface area contributed by atoms with Gasteiger partial charge in [0, 0.05) is 19.6 Å². The summed E-state index contributed by atoms with van der Waals surface area (Å²) in [6.07, 6.45) is 2.29. The highest BCUT2D eigenvalue weighted by molar-refractivity contribution is 7.80. The molecule has 0 saturated carbocycles. The predicted octanol–water partition coefficient (Wildman–Crippen LogP) is 2.23. The van der Waals surface area contributed by atoms with Gasteiger partial charge in [-0.2, -0.15) is 0 Å². The summed E-state index contributed by atoms with van der Waals surface area (Å²) in [5, 5.41) is 4.02. The minimum atomic E-state index is -0.209. The Bertz CT molecular complexity index is 441. The van der Waals surface area contributed by atoms with Crippen LogP contribution >= 0.6 is 12.2 Å². The van der Waals surface area contributed by atoms with Crippen LogP contribution in [0.3, 0.4) is 0 Å². The van der Waals surface area contributed by atoms with Gasteiger partial charge in [-0.15, -0.1) is 0 Å². The first kappa shape index (κ1) is 15.2. The van der Waals surface area contributed by atoms with E-state index in [9.17, 15) is 4.39 Å². The lowest BCUT2D eigenvalue weighted by Crippen LogP contribution is -2.47. The van der Waals surface area contributed by atoms with Crippen LogP contribution in [0.15, 0.2) is 24.3 Å². The molecule has 0 unspecified atom stereocenters. The summed E-state index contributed by atoms with van der Waals surface area (Å²) in [6, 6.07) is 7.02. The number of benzene rings is 1. The van der Waals surface area contributed by atoms with Gasteiger partial charge in [0.1, 0.15) is 5.82 Å². The van der Waals surface area contributed by atoms with E-state index in [1.807, 2.05) is 0 Å². The zero-order valence-corrected chi connectivity index (χ0v) is 12.9. The summed E-state index contributed by atoms with van der Waals surface area (Å²) in [5.74, 6) is -0.209. The molecule has 2 rings (SSSR count). The number of nitrogens with zero attached hydrogens (tertiary/aromatic N) is 2. The second-order valence-electron chi connectivity index (χ2n) is 5.43. The molecule has 3 nitrogen and oxygen atoms in total. The first-order chi connectivity index (χ1) is 9.56. The molecule has 0 aliphatic carbocycles. The van der Waals surface area contributed by atoms with Crippen LogP contribution in [0.1, 0.15) is 18.4 Å². The largest absolute Gasteiger partial charge is 0.358 e. The van der Waals surface area contributed by atoms with Crippen molar-refractivity contribution < 1.29 is 4.39 Å². The molecule has 0 radical (unpaired) electrons. The lowest BCUT2D eigenvalue weighted by Gasteiger charge is -2.36. The van der Waals surface area contributed by atoms with Gasteiger partial charge in [0.05, 0.1) is 0 Å². The second-order valence-corrected chi connectivity index (χ2v) is 5.82. The fourth-order valence-corrected chi connectivity index (χ4v) is 2.67. The van der Waals surface area contributed by atoms with Gasteiger partial charge >= 0.3 is 0 Å². The van der Waals surface area contributed by atoms with E-state index < -0.39 is 0 Å². The Hall–Kier alpha value is -1.20. The lowest BCUT2D eigenvalue weighted by atomic mass is 10.0. The maximum absolute atomic E-state index is 12.8. The highest BCUT2D eigenvalue weighted by Gasteiger charge is 2.21. The van der Waals surface area contributed by atoms with Crippen LogP contribution in [-0.2, 0) is 6.54 Å². The van der Waals surface area contributed by atoms with Gasteiger partial charge in [-0.1, -0.05) is 12.1 Å². The van der Waals surface area contributed by atoms with Crippen LogP contribution in [0.2, 0.25) is 0 Å². The van der Waals surface area contributed by atoms with E-state index >= 15 is 0 Å². The highest BCUT2D eigenvalue weighted by atomic mass is 32.1. The zero-order chi connectivity index (χ0) is 14.5. The molecule has 5 heteroatoms. The molecule has 1 aliphatic heterocycles. The van der Waals surface area contributed by atoms with Crippen molar-refractivity contribution in [2.75, 3.05) is 27.2 Å². The Morgan fingerprint density at radius 3 is 2.55 bits per heavy atom. The number of halogens is 1. The number of hydrogen-bond donors (Lipinski definition) is 1. The molecule has 1 fully saturated rings. The molecular formula is C15H22FN3S. The fraction of sp³-hybridized carbons (Fsp3) is 0.533. The molecule has 1 aromatic rings. The van der Waals surface area contributed by atoms with Gasteiger partial charge in [0.15, 0.2) is 5.11 Å². The predicted molar refractivity (Wildman–Crippen MR) is 84.1 cm³/mol. The quantitative estimate of drug-likeness (QED) is 0.862. The third kappa shape index (κ3) is 4.15. The molecule has 1 aromatic carbocycles. The zero-order valence-electron chi connectivity index (χ0n) is 12.1. The third-order valence-electron chi connectivity index (χ3n) is 3.91. The molecule has 110 valence electrons. The summed E-state index contributed by atoms with van der Waals surface area (Å²) in [5.41, 5.74) is 1.03. The Balaban J connectivity index is 1.80. The maximum Gasteiger partial charge on any atom is 0.169 e. The minimum absolute atomic E-state index is 0.209. The average molecular weight is 295 g/mol. The summed E-state index contributed by atoms with van der Waals surface area (Å²) in [7, 11) is 4.21. The van der Waals surface area contributed by atoms with Gasteiger partial charge in [-0.05, 0) is 62.9 Å². The first-order valence-electron chi connectivity index (χ1n) is 7.00. The molecule has 1 aliphatic rings. The maximum atomic E-state index is 12.8. The van der Waals surface area contributed by atoms with Gasteiger partial charge < -0.3 is 15.1 Å². The molecule has 0 spiro atoms. The SMILES string of the molecule is CN1CCC(N(C)C(=S)NCc2ccc(F)cc2)CC1. The Morgan fingerprint density at radius 1 is 1.35 bits per heavy atom. The molecule has 0 amide bonds. The standard InChI is InChI=1S/C15H22FN3S/c1-18-9-7-14(8-10-18)19(2)15(20)17-11-12-3-5-13(16)6-4-12/h3-6,14H,7-11H2,1-2H3,(H,17,20). The van der Waals surface area contributed by atoms with Crippen molar-refractivity contribution in [3.63, 3.8) is 0 Å². The van der Waals surface area contributed by atoms with Crippen molar-refractivity contribution in [2.24, 2.45) is 0 Å². The van der Waals surface area contributed by atoms with Crippen molar-refractivity contribution in [2.45, 2.75) is 25.4 Å². The van der Waals surface area contributed by atoms with Crippen molar-refractivity contribution in [3.8, 4) is 0 Å². The molecule has 0 atom stereocenters. The molecule has 20 heavy (non-hydrogen) atoms. The number of piperidine rings is 1. The van der Waals surface area contributed by atoms with Gasteiger partial charge in [-0.25, -0.2) is 4.39 Å². The van der Waals surface area contributed by atoms with Crippen molar-refractivity contribution in [1.29, 1.82) is 0 Å². The number of nitrogens with one attached hydrogen (secondary N) is 1. The van der Waals surface area contributed by atoms with Crippen LogP contribution < -0.4 is 5.32 Å². The van der Waals surface area contributed by atoms with E-state index in [0.717, 1.165) is 36.6 Å². The van der Waals surface area contributed by atoms with Crippen LogP contribution in [0, 0.1) is 5.82 Å². The van der Waals surface area contributed by atoms with Crippen LogP contribution in [0.5, 0.6) is 0 Å². The van der Waals surface area contributed by atoms with E-state index in [4.69, 9.17) is 12.2 Å². The van der Waals surface area contributed by atoms with E-state index in [1.165, 1.54) is 12.1 Å². The number of rotatable bonds is 3. The minimum Gasteiger partial charge on any atom is -0.358 e. The summed E-state index contributed by atoms with van der Waals surface area (Å²) < 4.78 is 12.8. The van der Waals surface area contributed by atoms with Crippen LogP contribution in [0.4, 0.5) is 4.39 Å². The molecule has 0 aromatic heterocycles. The molecule has 1 N–H and O–H groups in total. The van der Waals surface area contributed by atoms with Crippen molar-refractivity contribution in [1.82, 2.24) is 15.1 Å². The molecule has 1 saturated heterocycles. The van der Waals surface area contributed by atoms with E-state index in [1.54, 1.807) is 12.1 Å². The molecular weight excluding hydrogens is 273 g/mol. The smallest absolute Gasteiger partial charge is 0.169 e. The first-order valence-corrected chi connectivity index (χ1v) is 7.41. The normalized spacial score (nSPS) is 16.9. The number of likely N-dealkylation sites (tertiary alicyclic amines) is 1. The summed E-state index contributed by atoms with van der Waals surface area (Å²) in [6.45, 7) is 2.88. The van der Waals surface area contributed by atoms with E-state index in [0.29, 0.717) is 12.6 Å². The van der Waals surface area contributed by atoms with Gasteiger partial charge in [0.25, 0.3) is 0 Å². The lowest BCUT2D eigenvalue weighted by molar-refractivity contribution is 0.191. The van der Waals surface area contributed by atoms with Gasteiger partial charge in [0.2, 0.25) is 0 Å². The number of thiocarbonyl (C=S) groups is 1. The van der Waals surface area contributed by atoms with Crippen LogP contribution in [-0.4, -0.2) is 48.1 Å². The van der Waals surface area contributed by atoms with E-state index in [2.05, 4.69) is 29.2 Å². The second kappa shape index (κ2) is 6.99. The van der Waals surface area contributed by atoms with Crippen molar-refractivity contribution in [3.05, 3.63) is 35.6 Å². The molecule has 0 bridgehead atoms. The van der Waals surface area contributed by atoms with E-state index in [-0.39, 0.29) is 5.82 Å².